The Morgan fingerprint density at radius 1 is 1.15 bits per heavy atom. The van der Waals surface area contributed by atoms with Gasteiger partial charge in [0.1, 0.15) is 17.2 Å². The first kappa shape index (κ1) is 26.7. The molecule has 1 fully saturated rings. The van der Waals surface area contributed by atoms with Crippen LogP contribution in [-0.2, 0) is 16.1 Å². The Hall–Kier alpha value is -3.87. The van der Waals surface area contributed by atoms with E-state index < -0.39 is 29.6 Å². The van der Waals surface area contributed by atoms with Crippen LogP contribution in [0.3, 0.4) is 0 Å². The summed E-state index contributed by atoms with van der Waals surface area (Å²) in [5.41, 5.74) is 0.391. The SMILES string of the molecule is Cc1nsc(-c2nc(N3CC(NC(=O)OC(C)(C)C)CC3=O)c3n2CCN(C(=O)c2ccc(F)cc2)C3C)n1. The Labute approximate surface area is 229 Å². The van der Waals surface area contributed by atoms with Crippen molar-refractivity contribution in [1.29, 1.82) is 0 Å². The van der Waals surface area contributed by atoms with Crippen LogP contribution in [-0.4, -0.2) is 66.4 Å². The van der Waals surface area contributed by atoms with E-state index in [1.807, 2.05) is 11.5 Å². The van der Waals surface area contributed by atoms with Crippen molar-refractivity contribution >= 4 is 35.3 Å². The normalized spacial score (nSPS) is 19.3. The predicted octanol–water partition coefficient (Wildman–Crippen LogP) is 3.70. The molecule has 13 heteroatoms. The van der Waals surface area contributed by atoms with Gasteiger partial charge in [0.05, 0.1) is 17.8 Å². The van der Waals surface area contributed by atoms with Gasteiger partial charge in [0.15, 0.2) is 16.6 Å². The number of carbonyl (C=O) groups is 3. The number of aryl methyl sites for hydroxylation is 1. The number of hydrogen-bond donors (Lipinski definition) is 1. The van der Waals surface area contributed by atoms with E-state index in [0.29, 0.717) is 46.8 Å². The molecule has 0 radical (unpaired) electrons. The number of fused-ring (bicyclic) bond motifs is 1. The second-order valence-corrected chi connectivity index (χ2v) is 11.4. The summed E-state index contributed by atoms with van der Waals surface area (Å²) in [5.74, 6) is 0.739. The number of hydrogen-bond acceptors (Lipinski definition) is 8. The van der Waals surface area contributed by atoms with Gasteiger partial charge in [-0.3, -0.25) is 14.5 Å². The maximum absolute atomic E-state index is 13.5. The van der Waals surface area contributed by atoms with Crippen LogP contribution in [0.2, 0.25) is 0 Å². The molecule has 2 aliphatic heterocycles. The molecule has 1 N–H and O–H groups in total. The molecule has 11 nitrogen and oxygen atoms in total. The molecular formula is C26H30FN7O4S. The van der Waals surface area contributed by atoms with E-state index in [4.69, 9.17) is 9.72 Å². The van der Waals surface area contributed by atoms with E-state index in [2.05, 4.69) is 14.7 Å². The van der Waals surface area contributed by atoms with E-state index in [1.165, 1.54) is 35.8 Å². The summed E-state index contributed by atoms with van der Waals surface area (Å²) >= 11 is 1.22. The third-order valence-corrected chi connectivity index (χ3v) is 7.39. The molecule has 39 heavy (non-hydrogen) atoms. The summed E-state index contributed by atoms with van der Waals surface area (Å²) in [7, 11) is 0. The zero-order chi connectivity index (χ0) is 28.1. The highest BCUT2D eigenvalue weighted by atomic mass is 32.1. The van der Waals surface area contributed by atoms with Crippen molar-refractivity contribution in [2.24, 2.45) is 0 Å². The molecule has 1 aromatic carbocycles. The van der Waals surface area contributed by atoms with Crippen LogP contribution < -0.4 is 10.2 Å². The van der Waals surface area contributed by atoms with Crippen LogP contribution in [0.5, 0.6) is 0 Å². The molecule has 0 aliphatic carbocycles. The van der Waals surface area contributed by atoms with Crippen LogP contribution in [0.1, 0.15) is 62.0 Å². The highest BCUT2D eigenvalue weighted by Crippen LogP contribution is 2.39. The van der Waals surface area contributed by atoms with Gasteiger partial charge in [-0.05, 0) is 70.4 Å². The second-order valence-electron chi connectivity index (χ2n) is 10.7. The van der Waals surface area contributed by atoms with Gasteiger partial charge in [-0.25, -0.2) is 19.2 Å². The Bertz CT molecular complexity index is 1430. The van der Waals surface area contributed by atoms with Crippen molar-refractivity contribution in [3.05, 3.63) is 47.2 Å². The zero-order valence-electron chi connectivity index (χ0n) is 22.4. The lowest BCUT2D eigenvalue weighted by molar-refractivity contribution is -0.117. The summed E-state index contributed by atoms with van der Waals surface area (Å²) in [6.45, 7) is 10.0. The molecule has 5 rings (SSSR count). The highest BCUT2D eigenvalue weighted by Gasteiger charge is 2.41. The minimum absolute atomic E-state index is 0.0887. The fourth-order valence-electron chi connectivity index (χ4n) is 4.91. The van der Waals surface area contributed by atoms with Crippen LogP contribution in [0.25, 0.3) is 10.8 Å². The number of benzene rings is 1. The number of nitrogens with one attached hydrogen (secondary N) is 1. The average molecular weight is 556 g/mol. The second kappa shape index (κ2) is 10.0. The number of ether oxygens (including phenoxy) is 1. The molecular weight excluding hydrogens is 525 g/mol. The number of alkyl carbamates (subject to hydrolysis) is 1. The van der Waals surface area contributed by atoms with Gasteiger partial charge in [0.2, 0.25) is 5.91 Å². The summed E-state index contributed by atoms with van der Waals surface area (Å²) in [4.78, 5) is 51.6. The van der Waals surface area contributed by atoms with Gasteiger partial charge in [-0.2, -0.15) is 4.37 Å². The molecule has 0 saturated carbocycles. The number of aromatic nitrogens is 4. The third kappa shape index (κ3) is 5.35. The van der Waals surface area contributed by atoms with E-state index in [0.717, 1.165) is 0 Å². The van der Waals surface area contributed by atoms with Gasteiger partial charge in [-0.15, -0.1) is 0 Å². The Balaban J connectivity index is 1.48. The van der Waals surface area contributed by atoms with Crippen LogP contribution in [0.4, 0.5) is 15.0 Å². The number of halogens is 1. The number of imidazole rings is 1. The number of amides is 3. The molecule has 2 aliphatic rings. The van der Waals surface area contributed by atoms with Gasteiger partial charge < -0.3 is 19.5 Å². The van der Waals surface area contributed by atoms with E-state index in [9.17, 15) is 18.8 Å². The molecule has 2 unspecified atom stereocenters. The number of anilines is 1. The van der Waals surface area contributed by atoms with Crippen molar-refractivity contribution in [2.75, 3.05) is 18.0 Å². The zero-order valence-corrected chi connectivity index (χ0v) is 23.2. The smallest absolute Gasteiger partial charge is 0.407 e. The monoisotopic (exact) mass is 555 g/mol. The van der Waals surface area contributed by atoms with Crippen molar-refractivity contribution in [3.8, 4) is 10.8 Å². The fourth-order valence-corrected chi connectivity index (χ4v) is 5.58. The maximum atomic E-state index is 13.5. The Morgan fingerprint density at radius 2 is 1.87 bits per heavy atom. The van der Waals surface area contributed by atoms with E-state index >= 15 is 0 Å². The van der Waals surface area contributed by atoms with Crippen LogP contribution in [0.15, 0.2) is 24.3 Å². The predicted molar refractivity (Wildman–Crippen MR) is 142 cm³/mol. The number of carbonyl (C=O) groups excluding carboxylic acids is 3. The summed E-state index contributed by atoms with van der Waals surface area (Å²) in [6.07, 6.45) is -0.505. The molecule has 4 heterocycles. The first-order chi connectivity index (χ1) is 18.4. The first-order valence-corrected chi connectivity index (χ1v) is 13.5. The van der Waals surface area contributed by atoms with Crippen molar-refractivity contribution in [3.63, 3.8) is 0 Å². The number of nitrogens with zero attached hydrogens (tertiary/aromatic N) is 6. The van der Waals surface area contributed by atoms with Gasteiger partial charge in [0, 0.05) is 31.6 Å². The van der Waals surface area contributed by atoms with Gasteiger partial charge in [0.25, 0.3) is 5.91 Å². The molecule has 2 atom stereocenters. The molecule has 206 valence electrons. The quantitative estimate of drug-likeness (QED) is 0.521. The maximum Gasteiger partial charge on any atom is 0.407 e. The standard InChI is InChI=1S/C26H30FN7O4S/c1-14-20-21(34-13-18(12-19(34)35)29-25(37)38-26(3,4)5)30-22(23-28-15(2)31-39-23)33(20)11-10-32(14)24(36)16-6-8-17(27)9-7-16/h6-9,14,18H,10-13H2,1-5H3,(H,29,37). The lowest BCUT2D eigenvalue weighted by atomic mass is 10.1. The van der Waals surface area contributed by atoms with Crippen LogP contribution >= 0.6 is 11.5 Å². The van der Waals surface area contributed by atoms with Crippen molar-refractivity contribution in [1.82, 2.24) is 29.1 Å². The minimum atomic E-state index is -0.667. The molecule has 3 aromatic rings. The van der Waals surface area contributed by atoms with E-state index in [-0.39, 0.29) is 24.8 Å². The topological polar surface area (TPSA) is 123 Å². The summed E-state index contributed by atoms with van der Waals surface area (Å²) in [6, 6.07) is 4.52. The lowest BCUT2D eigenvalue weighted by Crippen LogP contribution is -2.42. The molecule has 0 spiro atoms. The van der Waals surface area contributed by atoms with E-state index in [1.54, 1.807) is 37.5 Å². The molecule has 0 bridgehead atoms. The fraction of sp³-hybridized carbons (Fsp3) is 0.462. The number of rotatable bonds is 4. The largest absolute Gasteiger partial charge is 0.444 e. The van der Waals surface area contributed by atoms with Gasteiger partial charge in [-0.1, -0.05) is 0 Å². The summed E-state index contributed by atoms with van der Waals surface area (Å²) in [5, 5.41) is 3.39. The minimum Gasteiger partial charge on any atom is -0.444 e. The van der Waals surface area contributed by atoms with Gasteiger partial charge >= 0.3 is 6.09 Å². The van der Waals surface area contributed by atoms with Crippen molar-refractivity contribution < 1.29 is 23.5 Å². The Kier molecular flexibility index (Phi) is 6.87. The highest BCUT2D eigenvalue weighted by molar-refractivity contribution is 7.09. The summed E-state index contributed by atoms with van der Waals surface area (Å²) < 4.78 is 25.1. The Morgan fingerprint density at radius 3 is 2.51 bits per heavy atom. The molecule has 2 aromatic heterocycles. The van der Waals surface area contributed by atoms with Crippen LogP contribution in [0, 0.1) is 12.7 Å². The average Bonchev–Trinajstić information content (AvgIpc) is 3.54. The molecule has 3 amide bonds. The lowest BCUT2D eigenvalue weighted by Gasteiger charge is -2.36. The molecule has 1 saturated heterocycles. The van der Waals surface area contributed by atoms with Crippen molar-refractivity contribution in [2.45, 2.75) is 65.3 Å². The first-order valence-electron chi connectivity index (χ1n) is 12.7. The third-order valence-electron chi connectivity index (χ3n) is 6.59.